The van der Waals surface area contributed by atoms with Gasteiger partial charge in [0, 0.05) is 32.8 Å². The number of rotatable bonds is 5. The van der Waals surface area contributed by atoms with Crippen molar-refractivity contribution in [2.24, 2.45) is 11.8 Å². The predicted octanol–water partition coefficient (Wildman–Crippen LogP) is 2.66. The number of hydrogen-bond acceptors (Lipinski definition) is 3. The number of nitrogens with zero attached hydrogens (tertiary/aromatic N) is 2. The third-order valence-electron chi connectivity index (χ3n) is 5.53. The molecule has 2 atom stereocenters. The van der Waals surface area contributed by atoms with Crippen LogP contribution in [0.1, 0.15) is 30.4 Å². The van der Waals surface area contributed by atoms with E-state index in [1.165, 1.54) is 37.9 Å². The van der Waals surface area contributed by atoms with Gasteiger partial charge in [0.25, 0.3) is 0 Å². The lowest BCUT2D eigenvalue weighted by atomic mass is 9.95. The van der Waals surface area contributed by atoms with E-state index in [4.69, 9.17) is 0 Å². The van der Waals surface area contributed by atoms with Gasteiger partial charge in [0.15, 0.2) is 0 Å². The molecule has 0 radical (unpaired) electrons. The lowest BCUT2D eigenvalue weighted by molar-refractivity contribution is 0.149. The number of aliphatic hydroxyl groups is 1. The molecule has 1 aromatic carbocycles. The number of likely N-dealkylation sites (tertiary alicyclic amines) is 2. The minimum Gasteiger partial charge on any atom is -0.396 e. The van der Waals surface area contributed by atoms with Crippen LogP contribution in [0.3, 0.4) is 0 Å². The highest BCUT2D eigenvalue weighted by Crippen LogP contribution is 2.27. The zero-order valence-electron chi connectivity index (χ0n) is 14.2. The molecule has 0 amide bonds. The summed E-state index contributed by atoms with van der Waals surface area (Å²) < 4.78 is 13.2. The summed E-state index contributed by atoms with van der Waals surface area (Å²) >= 11 is 0. The van der Waals surface area contributed by atoms with E-state index in [-0.39, 0.29) is 12.4 Å². The van der Waals surface area contributed by atoms with Gasteiger partial charge in [-0.1, -0.05) is 12.5 Å². The molecule has 4 heteroatoms. The molecule has 2 aliphatic rings. The summed E-state index contributed by atoms with van der Waals surface area (Å²) in [5.74, 6) is 0.764. The van der Waals surface area contributed by atoms with Gasteiger partial charge in [-0.3, -0.25) is 4.90 Å². The monoisotopic (exact) mass is 320 g/mol. The van der Waals surface area contributed by atoms with E-state index >= 15 is 0 Å². The molecule has 0 aliphatic carbocycles. The molecule has 1 N–H and O–H groups in total. The molecule has 3 nitrogen and oxygen atoms in total. The van der Waals surface area contributed by atoms with Gasteiger partial charge in [-0.15, -0.1) is 0 Å². The van der Waals surface area contributed by atoms with Crippen molar-refractivity contribution in [3.05, 3.63) is 35.1 Å². The summed E-state index contributed by atoms with van der Waals surface area (Å²) in [6.07, 6.45) is 3.99. The van der Waals surface area contributed by atoms with Crippen LogP contribution in [0, 0.1) is 24.6 Å². The number of benzene rings is 1. The Labute approximate surface area is 139 Å². The molecule has 0 aromatic heterocycles. The molecule has 2 aliphatic heterocycles. The largest absolute Gasteiger partial charge is 0.396 e. The Morgan fingerprint density at radius 2 is 1.83 bits per heavy atom. The molecule has 2 fully saturated rings. The van der Waals surface area contributed by atoms with E-state index in [0.29, 0.717) is 11.8 Å². The first-order valence-corrected chi connectivity index (χ1v) is 8.96. The second kappa shape index (κ2) is 7.73. The topological polar surface area (TPSA) is 26.7 Å². The van der Waals surface area contributed by atoms with Crippen molar-refractivity contribution < 1.29 is 9.50 Å². The summed E-state index contributed by atoms with van der Waals surface area (Å²) in [4.78, 5) is 5.00. The van der Waals surface area contributed by atoms with Crippen molar-refractivity contribution in [3.63, 3.8) is 0 Å². The van der Waals surface area contributed by atoms with Crippen LogP contribution in [0.5, 0.6) is 0 Å². The van der Waals surface area contributed by atoms with Gasteiger partial charge in [0.05, 0.1) is 0 Å². The molecule has 128 valence electrons. The first-order chi connectivity index (χ1) is 11.2. The molecule has 3 rings (SSSR count). The molecular weight excluding hydrogens is 291 g/mol. The van der Waals surface area contributed by atoms with Crippen molar-refractivity contribution in [3.8, 4) is 0 Å². The van der Waals surface area contributed by atoms with Crippen molar-refractivity contribution in [1.29, 1.82) is 0 Å². The Morgan fingerprint density at radius 3 is 2.52 bits per heavy atom. The molecule has 0 unspecified atom stereocenters. The van der Waals surface area contributed by atoms with Gasteiger partial charge in [-0.25, -0.2) is 4.39 Å². The van der Waals surface area contributed by atoms with Crippen LogP contribution in [0.15, 0.2) is 18.2 Å². The smallest absolute Gasteiger partial charge is 0.123 e. The molecule has 23 heavy (non-hydrogen) atoms. The molecule has 2 heterocycles. The van der Waals surface area contributed by atoms with Crippen molar-refractivity contribution in [2.75, 3.05) is 39.3 Å². The van der Waals surface area contributed by atoms with Crippen LogP contribution in [-0.2, 0) is 6.54 Å². The average molecular weight is 320 g/mol. The number of aliphatic hydroxyl groups excluding tert-OH is 1. The summed E-state index contributed by atoms with van der Waals surface area (Å²) in [5.41, 5.74) is 2.21. The van der Waals surface area contributed by atoms with Crippen molar-refractivity contribution >= 4 is 0 Å². The number of piperidine rings is 1. The second-order valence-corrected chi connectivity index (χ2v) is 7.33. The quantitative estimate of drug-likeness (QED) is 0.903. The predicted molar refractivity (Wildman–Crippen MR) is 90.8 cm³/mol. The first-order valence-electron chi connectivity index (χ1n) is 8.96. The van der Waals surface area contributed by atoms with Crippen LogP contribution in [-0.4, -0.2) is 54.2 Å². The molecular formula is C19H29FN2O. The Bertz CT molecular complexity index is 516. The van der Waals surface area contributed by atoms with Gasteiger partial charge in [-0.05, 0) is 68.0 Å². The SMILES string of the molecule is Cc1cc(F)ccc1CN1C[C@@H](CN2CCCCC2)[C@@H](CO)C1. The Kier molecular flexibility index (Phi) is 5.67. The van der Waals surface area contributed by atoms with Crippen LogP contribution >= 0.6 is 0 Å². The number of halogens is 1. The lowest BCUT2D eigenvalue weighted by Gasteiger charge is -2.30. The standard InChI is InChI=1S/C19H29FN2O/c1-15-9-19(20)6-5-16(15)10-22-12-17(18(13-22)14-23)11-21-7-3-2-4-8-21/h5-6,9,17-18,23H,2-4,7-8,10-14H2,1H3/t17-,18-/m1/s1. The van der Waals surface area contributed by atoms with Gasteiger partial charge < -0.3 is 10.0 Å². The van der Waals surface area contributed by atoms with Crippen molar-refractivity contribution in [1.82, 2.24) is 9.80 Å². The fraction of sp³-hybridized carbons (Fsp3) is 0.684. The molecule has 0 saturated carbocycles. The van der Waals surface area contributed by atoms with Crippen LogP contribution in [0.2, 0.25) is 0 Å². The maximum absolute atomic E-state index is 13.2. The van der Waals surface area contributed by atoms with Gasteiger partial charge in [0.1, 0.15) is 5.82 Å². The molecule has 0 spiro atoms. The average Bonchev–Trinajstić information content (AvgIpc) is 2.93. The van der Waals surface area contributed by atoms with E-state index in [0.717, 1.165) is 31.7 Å². The zero-order valence-corrected chi connectivity index (χ0v) is 14.2. The lowest BCUT2D eigenvalue weighted by Crippen LogP contribution is -2.37. The van der Waals surface area contributed by atoms with E-state index in [9.17, 15) is 9.50 Å². The summed E-state index contributed by atoms with van der Waals surface area (Å²) in [6, 6.07) is 5.06. The zero-order chi connectivity index (χ0) is 16.2. The van der Waals surface area contributed by atoms with Crippen molar-refractivity contribution in [2.45, 2.75) is 32.7 Å². The third kappa shape index (κ3) is 4.31. The van der Waals surface area contributed by atoms with E-state index in [1.54, 1.807) is 12.1 Å². The minimum atomic E-state index is -0.163. The van der Waals surface area contributed by atoms with Gasteiger partial charge in [0.2, 0.25) is 0 Å². The normalized spacial score (nSPS) is 26.7. The van der Waals surface area contributed by atoms with Crippen LogP contribution in [0.4, 0.5) is 4.39 Å². The van der Waals surface area contributed by atoms with Crippen LogP contribution < -0.4 is 0 Å². The molecule has 1 aromatic rings. The highest BCUT2D eigenvalue weighted by Gasteiger charge is 2.33. The summed E-state index contributed by atoms with van der Waals surface area (Å²) in [5, 5.41) is 9.75. The van der Waals surface area contributed by atoms with Gasteiger partial charge in [-0.2, -0.15) is 0 Å². The fourth-order valence-corrected chi connectivity index (χ4v) is 4.13. The Balaban J connectivity index is 1.59. The van der Waals surface area contributed by atoms with Crippen LogP contribution in [0.25, 0.3) is 0 Å². The minimum absolute atomic E-state index is 0.163. The maximum atomic E-state index is 13.2. The maximum Gasteiger partial charge on any atom is 0.123 e. The second-order valence-electron chi connectivity index (χ2n) is 7.33. The molecule has 0 bridgehead atoms. The highest BCUT2D eigenvalue weighted by molar-refractivity contribution is 5.26. The Hall–Kier alpha value is -0.970. The van der Waals surface area contributed by atoms with Gasteiger partial charge >= 0.3 is 0 Å². The van der Waals surface area contributed by atoms with E-state index in [2.05, 4.69) is 9.80 Å². The molecule has 2 saturated heterocycles. The third-order valence-corrected chi connectivity index (χ3v) is 5.53. The van der Waals surface area contributed by atoms with E-state index < -0.39 is 0 Å². The summed E-state index contributed by atoms with van der Waals surface area (Å²) in [7, 11) is 0. The number of aryl methyl sites for hydroxylation is 1. The Morgan fingerprint density at radius 1 is 1.09 bits per heavy atom. The van der Waals surface area contributed by atoms with E-state index in [1.807, 2.05) is 13.0 Å². The fourth-order valence-electron chi connectivity index (χ4n) is 4.13. The summed E-state index contributed by atoms with van der Waals surface area (Å²) in [6.45, 7) is 8.64. The number of hydrogen-bond donors (Lipinski definition) is 1. The highest BCUT2D eigenvalue weighted by atomic mass is 19.1. The first kappa shape index (κ1) is 16.9.